The maximum atomic E-state index is 11.8. The quantitative estimate of drug-likeness (QED) is 0.650. The molecule has 0 saturated carbocycles. The first-order chi connectivity index (χ1) is 7.77. The highest BCUT2D eigenvalue weighted by Gasteiger charge is 2.17. The molecular weight excluding hydrogens is 206 g/mol. The van der Waals surface area contributed by atoms with Crippen LogP contribution in [-0.2, 0) is 0 Å². The van der Waals surface area contributed by atoms with E-state index in [1.807, 2.05) is 0 Å². The highest BCUT2D eigenvalue weighted by atomic mass is 16.2. The van der Waals surface area contributed by atoms with Crippen LogP contribution in [0.15, 0.2) is 23.1 Å². The molecule has 1 aromatic rings. The maximum absolute atomic E-state index is 11.8. The number of piperidine rings is 1. The number of hydrogen-bond acceptors (Lipinski definition) is 3. The van der Waals surface area contributed by atoms with Gasteiger partial charge in [0.05, 0.1) is 0 Å². The van der Waals surface area contributed by atoms with Gasteiger partial charge in [-0.3, -0.25) is 9.59 Å². The molecule has 86 valence electrons. The fourth-order valence-electron chi connectivity index (χ4n) is 1.84. The van der Waals surface area contributed by atoms with Crippen LogP contribution in [0.1, 0.15) is 23.2 Å². The zero-order valence-electron chi connectivity index (χ0n) is 8.95. The molecule has 5 heteroatoms. The molecule has 0 unspecified atom stereocenters. The molecule has 1 aliphatic rings. The van der Waals surface area contributed by atoms with Crippen LogP contribution in [0.3, 0.4) is 0 Å². The third-order valence-corrected chi connectivity index (χ3v) is 2.69. The summed E-state index contributed by atoms with van der Waals surface area (Å²) in [4.78, 5) is 25.6. The number of H-pyrrole nitrogens is 1. The van der Waals surface area contributed by atoms with Crippen LogP contribution in [0.2, 0.25) is 0 Å². The summed E-state index contributed by atoms with van der Waals surface area (Å²) < 4.78 is 0. The summed E-state index contributed by atoms with van der Waals surface area (Å²) in [6.45, 7) is 1.77. The van der Waals surface area contributed by atoms with E-state index in [4.69, 9.17) is 0 Å². The van der Waals surface area contributed by atoms with Crippen LogP contribution in [0, 0.1) is 0 Å². The fraction of sp³-hybridized carbons (Fsp3) is 0.455. The predicted molar refractivity (Wildman–Crippen MR) is 60.4 cm³/mol. The van der Waals surface area contributed by atoms with Crippen LogP contribution in [0.25, 0.3) is 0 Å². The van der Waals surface area contributed by atoms with E-state index in [0.29, 0.717) is 0 Å². The minimum absolute atomic E-state index is 0.126. The van der Waals surface area contributed by atoms with E-state index in [-0.39, 0.29) is 23.1 Å². The molecule has 16 heavy (non-hydrogen) atoms. The SMILES string of the molecule is O=C(N[C@@H]1CCCNC1)c1ccc[nH]c1=O. The van der Waals surface area contributed by atoms with Gasteiger partial charge in [0.2, 0.25) is 0 Å². The van der Waals surface area contributed by atoms with E-state index in [2.05, 4.69) is 15.6 Å². The number of pyridine rings is 1. The normalized spacial score (nSPS) is 20.4. The molecule has 1 aromatic heterocycles. The van der Waals surface area contributed by atoms with Gasteiger partial charge in [-0.15, -0.1) is 0 Å². The summed E-state index contributed by atoms with van der Waals surface area (Å²) in [7, 11) is 0. The Balaban J connectivity index is 2.02. The molecule has 0 spiro atoms. The lowest BCUT2D eigenvalue weighted by molar-refractivity contribution is 0.0929. The summed E-state index contributed by atoms with van der Waals surface area (Å²) in [6, 6.07) is 3.31. The van der Waals surface area contributed by atoms with Crippen molar-refractivity contribution in [1.29, 1.82) is 0 Å². The molecule has 2 rings (SSSR count). The summed E-state index contributed by atoms with van der Waals surface area (Å²) in [5.74, 6) is -0.296. The lowest BCUT2D eigenvalue weighted by Gasteiger charge is -2.23. The van der Waals surface area contributed by atoms with E-state index in [0.717, 1.165) is 25.9 Å². The summed E-state index contributed by atoms with van der Waals surface area (Å²) in [6.07, 6.45) is 3.53. The lowest BCUT2D eigenvalue weighted by Crippen LogP contribution is -2.46. The third kappa shape index (κ3) is 2.49. The van der Waals surface area contributed by atoms with Crippen molar-refractivity contribution in [2.75, 3.05) is 13.1 Å². The average Bonchev–Trinajstić information content (AvgIpc) is 2.31. The first-order valence-electron chi connectivity index (χ1n) is 5.46. The van der Waals surface area contributed by atoms with Gasteiger partial charge in [-0.2, -0.15) is 0 Å². The van der Waals surface area contributed by atoms with Crippen molar-refractivity contribution in [3.05, 3.63) is 34.2 Å². The third-order valence-electron chi connectivity index (χ3n) is 2.69. The molecule has 3 N–H and O–H groups in total. The molecule has 0 aromatic carbocycles. The maximum Gasteiger partial charge on any atom is 0.260 e. The predicted octanol–water partition coefficient (Wildman–Crippen LogP) is -0.143. The van der Waals surface area contributed by atoms with Gasteiger partial charge in [0, 0.05) is 18.8 Å². The fourth-order valence-corrected chi connectivity index (χ4v) is 1.84. The van der Waals surface area contributed by atoms with Gasteiger partial charge in [0.1, 0.15) is 5.56 Å². The number of carbonyl (C=O) groups excluding carboxylic acids is 1. The first-order valence-corrected chi connectivity index (χ1v) is 5.46. The van der Waals surface area contributed by atoms with Crippen molar-refractivity contribution in [3.8, 4) is 0 Å². The molecule has 0 aliphatic carbocycles. The molecule has 1 fully saturated rings. The van der Waals surface area contributed by atoms with E-state index in [1.54, 1.807) is 6.07 Å². The van der Waals surface area contributed by atoms with Gasteiger partial charge in [0.15, 0.2) is 0 Å². The number of carbonyl (C=O) groups is 1. The second-order valence-corrected chi connectivity index (χ2v) is 3.93. The van der Waals surface area contributed by atoms with E-state index in [1.165, 1.54) is 12.3 Å². The van der Waals surface area contributed by atoms with Crippen molar-refractivity contribution in [1.82, 2.24) is 15.6 Å². The Bertz CT molecular complexity index is 421. The monoisotopic (exact) mass is 221 g/mol. The summed E-state index contributed by atoms with van der Waals surface area (Å²) >= 11 is 0. The van der Waals surface area contributed by atoms with Crippen molar-refractivity contribution in [3.63, 3.8) is 0 Å². The Labute approximate surface area is 93.3 Å². The molecule has 1 amide bonds. The highest BCUT2D eigenvalue weighted by Crippen LogP contribution is 2.02. The van der Waals surface area contributed by atoms with Gasteiger partial charge >= 0.3 is 0 Å². The topological polar surface area (TPSA) is 74.0 Å². The van der Waals surface area contributed by atoms with Gasteiger partial charge < -0.3 is 15.6 Å². The zero-order chi connectivity index (χ0) is 11.4. The van der Waals surface area contributed by atoms with Crippen LogP contribution in [-0.4, -0.2) is 30.0 Å². The van der Waals surface area contributed by atoms with Crippen molar-refractivity contribution >= 4 is 5.91 Å². The number of rotatable bonds is 2. The van der Waals surface area contributed by atoms with Gasteiger partial charge in [-0.05, 0) is 31.5 Å². The number of aromatic nitrogens is 1. The van der Waals surface area contributed by atoms with Crippen molar-refractivity contribution in [2.45, 2.75) is 18.9 Å². The molecule has 1 aliphatic heterocycles. The zero-order valence-corrected chi connectivity index (χ0v) is 8.95. The van der Waals surface area contributed by atoms with Gasteiger partial charge in [0.25, 0.3) is 11.5 Å². The molecule has 0 radical (unpaired) electrons. The average molecular weight is 221 g/mol. The Morgan fingerprint density at radius 1 is 1.50 bits per heavy atom. The van der Waals surface area contributed by atoms with E-state index >= 15 is 0 Å². The molecule has 1 atom stereocenters. The Hall–Kier alpha value is -1.62. The lowest BCUT2D eigenvalue weighted by atomic mass is 10.1. The number of hydrogen-bond donors (Lipinski definition) is 3. The van der Waals surface area contributed by atoms with Crippen molar-refractivity contribution < 1.29 is 4.79 Å². The minimum Gasteiger partial charge on any atom is -0.348 e. The number of amides is 1. The van der Waals surface area contributed by atoms with E-state index < -0.39 is 0 Å². The smallest absolute Gasteiger partial charge is 0.260 e. The number of nitrogens with one attached hydrogen (secondary N) is 3. The molecule has 0 bridgehead atoms. The van der Waals surface area contributed by atoms with Crippen LogP contribution < -0.4 is 16.2 Å². The Morgan fingerprint density at radius 2 is 2.38 bits per heavy atom. The standard InChI is InChI=1S/C11H15N3O2/c15-10-9(4-2-6-13-10)11(16)14-8-3-1-5-12-7-8/h2,4,6,8,12H,1,3,5,7H2,(H,13,15)(H,14,16)/t8-/m1/s1. The minimum atomic E-state index is -0.344. The largest absolute Gasteiger partial charge is 0.348 e. The first kappa shape index (κ1) is 10.9. The van der Waals surface area contributed by atoms with Crippen LogP contribution >= 0.6 is 0 Å². The summed E-state index contributed by atoms with van der Waals surface area (Å²) in [5, 5.41) is 6.06. The molecule has 2 heterocycles. The molecule has 1 saturated heterocycles. The molecule has 5 nitrogen and oxygen atoms in total. The number of aromatic amines is 1. The summed E-state index contributed by atoms with van der Waals surface area (Å²) in [5.41, 5.74) is -0.170. The Morgan fingerprint density at radius 3 is 3.06 bits per heavy atom. The van der Waals surface area contributed by atoms with Gasteiger partial charge in [-0.25, -0.2) is 0 Å². The second-order valence-electron chi connectivity index (χ2n) is 3.93. The van der Waals surface area contributed by atoms with Crippen molar-refractivity contribution in [2.24, 2.45) is 0 Å². The van der Waals surface area contributed by atoms with Gasteiger partial charge in [-0.1, -0.05) is 0 Å². The van der Waals surface area contributed by atoms with Crippen LogP contribution in [0.4, 0.5) is 0 Å². The Kier molecular flexibility index (Phi) is 3.36. The van der Waals surface area contributed by atoms with Crippen LogP contribution in [0.5, 0.6) is 0 Å². The highest BCUT2D eigenvalue weighted by molar-refractivity contribution is 5.93. The molecular formula is C11H15N3O2. The van der Waals surface area contributed by atoms with E-state index in [9.17, 15) is 9.59 Å². The second kappa shape index (κ2) is 4.94.